The number of amides is 3. The summed E-state index contributed by atoms with van der Waals surface area (Å²) in [5.41, 5.74) is 8.07. The van der Waals surface area contributed by atoms with Crippen molar-refractivity contribution in [2.24, 2.45) is 5.73 Å². The third kappa shape index (κ3) is 4.11. The van der Waals surface area contributed by atoms with Crippen LogP contribution in [0.5, 0.6) is 0 Å². The Labute approximate surface area is 145 Å². The maximum atomic E-state index is 12.3. The molecular weight excluding hydrogens is 316 g/mol. The monoisotopic (exact) mass is 334 g/mol. The molecule has 3 amide bonds. The standard InChI is InChI=1S/C19H18N4O2/c20-19(25)23-16-8-2-6-15(12-16)18(24)22-11-9-14-5-1-4-13-7-3-10-21-17(13)14/h1-8,10,12H,9,11H2,(H,22,24)(H3,20,23,25). The topological polar surface area (TPSA) is 97.1 Å². The lowest BCUT2D eigenvalue weighted by molar-refractivity contribution is 0.0954. The number of anilines is 1. The zero-order chi connectivity index (χ0) is 17.6. The Hall–Kier alpha value is -3.41. The molecule has 0 radical (unpaired) electrons. The van der Waals surface area contributed by atoms with Crippen LogP contribution in [0.25, 0.3) is 10.9 Å². The average molecular weight is 334 g/mol. The molecule has 6 nitrogen and oxygen atoms in total. The molecule has 0 fully saturated rings. The van der Waals surface area contributed by atoms with Crippen LogP contribution in [0.4, 0.5) is 10.5 Å². The quantitative estimate of drug-likeness (QED) is 0.669. The Morgan fingerprint density at radius 3 is 2.68 bits per heavy atom. The molecule has 0 saturated carbocycles. The highest BCUT2D eigenvalue weighted by Gasteiger charge is 2.07. The fourth-order valence-electron chi connectivity index (χ4n) is 2.66. The second-order valence-corrected chi connectivity index (χ2v) is 5.57. The predicted octanol–water partition coefficient (Wildman–Crippen LogP) is 2.70. The summed E-state index contributed by atoms with van der Waals surface area (Å²) >= 11 is 0. The molecule has 3 rings (SSSR count). The number of pyridine rings is 1. The number of nitrogens with zero attached hydrogens (tertiary/aromatic N) is 1. The molecule has 4 N–H and O–H groups in total. The number of carbonyl (C=O) groups excluding carboxylic acids is 2. The van der Waals surface area contributed by atoms with E-state index in [1.54, 1.807) is 30.5 Å². The van der Waals surface area contributed by atoms with Crippen molar-refractivity contribution < 1.29 is 9.59 Å². The van der Waals surface area contributed by atoms with Crippen LogP contribution in [0.2, 0.25) is 0 Å². The zero-order valence-corrected chi connectivity index (χ0v) is 13.5. The van der Waals surface area contributed by atoms with E-state index in [1.807, 2.05) is 30.3 Å². The van der Waals surface area contributed by atoms with E-state index in [1.165, 1.54) is 0 Å². The second kappa shape index (κ2) is 7.44. The summed E-state index contributed by atoms with van der Waals surface area (Å²) in [7, 11) is 0. The number of hydrogen-bond acceptors (Lipinski definition) is 3. The van der Waals surface area contributed by atoms with E-state index in [9.17, 15) is 9.59 Å². The van der Waals surface area contributed by atoms with Crippen molar-refractivity contribution in [1.29, 1.82) is 0 Å². The van der Waals surface area contributed by atoms with Crippen molar-refractivity contribution in [1.82, 2.24) is 10.3 Å². The summed E-state index contributed by atoms with van der Waals surface area (Å²) in [6.07, 6.45) is 2.45. The van der Waals surface area contributed by atoms with Crippen LogP contribution in [-0.2, 0) is 6.42 Å². The van der Waals surface area contributed by atoms with Gasteiger partial charge in [-0.1, -0.05) is 30.3 Å². The highest BCUT2D eigenvalue weighted by Crippen LogP contribution is 2.16. The summed E-state index contributed by atoms with van der Waals surface area (Å²) in [5.74, 6) is -0.207. The van der Waals surface area contributed by atoms with Gasteiger partial charge in [0, 0.05) is 29.4 Å². The van der Waals surface area contributed by atoms with Crippen LogP contribution in [0.3, 0.4) is 0 Å². The first-order valence-electron chi connectivity index (χ1n) is 7.91. The number of benzene rings is 2. The second-order valence-electron chi connectivity index (χ2n) is 5.57. The Morgan fingerprint density at radius 1 is 1.04 bits per heavy atom. The molecule has 1 heterocycles. The number of rotatable bonds is 5. The fraction of sp³-hybridized carbons (Fsp3) is 0.105. The molecule has 0 saturated heterocycles. The lowest BCUT2D eigenvalue weighted by atomic mass is 10.1. The number of hydrogen-bond donors (Lipinski definition) is 3. The number of nitrogens with one attached hydrogen (secondary N) is 2. The van der Waals surface area contributed by atoms with Gasteiger partial charge in [-0.2, -0.15) is 0 Å². The molecule has 0 spiro atoms. The van der Waals surface area contributed by atoms with Crippen LogP contribution in [0, 0.1) is 0 Å². The van der Waals surface area contributed by atoms with Gasteiger partial charge in [0.15, 0.2) is 0 Å². The zero-order valence-electron chi connectivity index (χ0n) is 13.5. The minimum Gasteiger partial charge on any atom is -0.352 e. The lowest BCUT2D eigenvalue weighted by Gasteiger charge is -2.09. The van der Waals surface area contributed by atoms with E-state index < -0.39 is 6.03 Å². The molecule has 0 unspecified atom stereocenters. The van der Waals surface area contributed by atoms with E-state index in [0.29, 0.717) is 24.2 Å². The minimum absolute atomic E-state index is 0.207. The van der Waals surface area contributed by atoms with E-state index in [4.69, 9.17) is 5.73 Å². The van der Waals surface area contributed by atoms with Crippen LogP contribution >= 0.6 is 0 Å². The number of carbonyl (C=O) groups is 2. The van der Waals surface area contributed by atoms with Gasteiger partial charge in [-0.3, -0.25) is 9.78 Å². The highest BCUT2D eigenvalue weighted by molar-refractivity contribution is 5.96. The Kier molecular flexibility index (Phi) is 4.89. The first kappa shape index (κ1) is 16.4. The maximum Gasteiger partial charge on any atom is 0.316 e. The largest absolute Gasteiger partial charge is 0.352 e. The van der Waals surface area contributed by atoms with Gasteiger partial charge in [0.1, 0.15) is 0 Å². The van der Waals surface area contributed by atoms with Crippen molar-refractivity contribution in [2.75, 3.05) is 11.9 Å². The molecule has 0 atom stereocenters. The molecule has 2 aromatic carbocycles. The van der Waals surface area contributed by atoms with Gasteiger partial charge in [-0.05, 0) is 36.2 Å². The van der Waals surface area contributed by atoms with Gasteiger partial charge < -0.3 is 16.4 Å². The molecule has 6 heteroatoms. The third-order valence-electron chi connectivity index (χ3n) is 3.79. The van der Waals surface area contributed by atoms with E-state index >= 15 is 0 Å². The summed E-state index contributed by atoms with van der Waals surface area (Å²) < 4.78 is 0. The molecule has 25 heavy (non-hydrogen) atoms. The number of fused-ring (bicyclic) bond motifs is 1. The smallest absolute Gasteiger partial charge is 0.316 e. The average Bonchev–Trinajstić information content (AvgIpc) is 2.61. The van der Waals surface area contributed by atoms with Crippen molar-refractivity contribution >= 4 is 28.5 Å². The molecule has 0 bridgehead atoms. The Bertz CT molecular complexity index is 919. The van der Waals surface area contributed by atoms with Crippen molar-refractivity contribution in [3.8, 4) is 0 Å². The molecular formula is C19H18N4O2. The van der Waals surface area contributed by atoms with Crippen molar-refractivity contribution in [2.45, 2.75) is 6.42 Å². The highest BCUT2D eigenvalue weighted by atomic mass is 16.2. The molecule has 126 valence electrons. The number of nitrogens with two attached hydrogens (primary N) is 1. The van der Waals surface area contributed by atoms with Gasteiger partial charge in [0.2, 0.25) is 0 Å². The van der Waals surface area contributed by atoms with E-state index in [-0.39, 0.29) is 5.91 Å². The van der Waals surface area contributed by atoms with Gasteiger partial charge in [-0.15, -0.1) is 0 Å². The van der Waals surface area contributed by atoms with Crippen molar-refractivity contribution in [3.63, 3.8) is 0 Å². The maximum absolute atomic E-state index is 12.3. The predicted molar refractivity (Wildman–Crippen MR) is 97.4 cm³/mol. The van der Waals surface area contributed by atoms with Gasteiger partial charge in [-0.25, -0.2) is 4.79 Å². The summed E-state index contributed by atoms with van der Waals surface area (Å²) in [4.78, 5) is 27.6. The van der Waals surface area contributed by atoms with Crippen LogP contribution < -0.4 is 16.4 Å². The van der Waals surface area contributed by atoms with Crippen LogP contribution in [0.15, 0.2) is 60.8 Å². The summed E-state index contributed by atoms with van der Waals surface area (Å²) in [5, 5.41) is 6.41. The summed E-state index contributed by atoms with van der Waals surface area (Å²) in [6, 6.07) is 15.9. The SMILES string of the molecule is NC(=O)Nc1cccc(C(=O)NCCc2cccc3cccnc23)c1. The first-order chi connectivity index (χ1) is 12.1. The first-order valence-corrected chi connectivity index (χ1v) is 7.91. The van der Waals surface area contributed by atoms with Gasteiger partial charge in [0.25, 0.3) is 5.91 Å². The Morgan fingerprint density at radius 2 is 1.84 bits per heavy atom. The van der Waals surface area contributed by atoms with Crippen LogP contribution in [0.1, 0.15) is 15.9 Å². The van der Waals surface area contributed by atoms with Gasteiger partial charge >= 0.3 is 6.03 Å². The third-order valence-corrected chi connectivity index (χ3v) is 3.79. The van der Waals surface area contributed by atoms with E-state index in [2.05, 4.69) is 15.6 Å². The molecule has 0 aliphatic rings. The number of urea groups is 1. The molecule has 3 aromatic rings. The Balaban J connectivity index is 1.63. The lowest BCUT2D eigenvalue weighted by Crippen LogP contribution is -2.26. The number of aromatic nitrogens is 1. The fourth-order valence-corrected chi connectivity index (χ4v) is 2.66. The summed E-state index contributed by atoms with van der Waals surface area (Å²) in [6.45, 7) is 0.488. The molecule has 0 aliphatic carbocycles. The molecule has 1 aromatic heterocycles. The van der Waals surface area contributed by atoms with Crippen molar-refractivity contribution in [3.05, 3.63) is 71.9 Å². The van der Waals surface area contributed by atoms with Crippen LogP contribution in [-0.4, -0.2) is 23.5 Å². The van der Waals surface area contributed by atoms with E-state index in [0.717, 1.165) is 16.5 Å². The normalized spacial score (nSPS) is 10.4. The van der Waals surface area contributed by atoms with Gasteiger partial charge in [0.05, 0.1) is 5.52 Å². The number of para-hydroxylation sites is 1. The molecule has 0 aliphatic heterocycles. The number of primary amides is 1. The minimum atomic E-state index is -0.666.